The average molecular weight is 532 g/mol. The van der Waals surface area contributed by atoms with Gasteiger partial charge >= 0.3 is 6.09 Å². The van der Waals surface area contributed by atoms with Crippen molar-refractivity contribution >= 4 is 36.0 Å². The molecule has 1 aliphatic rings. The first-order valence-electron chi connectivity index (χ1n) is 10.3. The maximum atomic E-state index is 12.1. The fourth-order valence-electron chi connectivity index (χ4n) is 3.07. The Balaban J connectivity index is 0.00000450. The number of carbonyl (C=O) groups excluding carboxylic acids is 1. The molecule has 1 saturated heterocycles. The summed E-state index contributed by atoms with van der Waals surface area (Å²) in [4.78, 5) is 17.9. The molecule has 8 heteroatoms. The van der Waals surface area contributed by atoms with E-state index in [0.29, 0.717) is 19.2 Å². The fourth-order valence-corrected chi connectivity index (χ4v) is 3.07. The van der Waals surface area contributed by atoms with Gasteiger partial charge in [-0.3, -0.25) is 4.99 Å². The van der Waals surface area contributed by atoms with Crippen LogP contribution in [-0.2, 0) is 22.6 Å². The van der Waals surface area contributed by atoms with Crippen molar-refractivity contribution in [2.24, 2.45) is 4.99 Å². The molecule has 1 fully saturated rings. The first-order chi connectivity index (χ1) is 13.8. The van der Waals surface area contributed by atoms with E-state index in [0.717, 1.165) is 43.1 Å². The summed E-state index contributed by atoms with van der Waals surface area (Å²) in [7, 11) is 3.52. The van der Waals surface area contributed by atoms with Crippen LogP contribution in [0.25, 0.3) is 0 Å². The monoisotopic (exact) mass is 532 g/mol. The lowest BCUT2D eigenvalue weighted by Crippen LogP contribution is -2.38. The van der Waals surface area contributed by atoms with Gasteiger partial charge in [-0.05, 0) is 51.2 Å². The fraction of sp³-hybridized carbons (Fsp3) is 0.636. The van der Waals surface area contributed by atoms with E-state index in [1.165, 1.54) is 6.42 Å². The van der Waals surface area contributed by atoms with Crippen LogP contribution >= 0.6 is 24.0 Å². The lowest BCUT2D eigenvalue weighted by molar-refractivity contribution is 0.0285. The van der Waals surface area contributed by atoms with E-state index in [1.54, 1.807) is 19.0 Å². The number of nitrogens with one attached hydrogen (secondary N) is 2. The molecule has 0 spiro atoms. The van der Waals surface area contributed by atoms with Crippen molar-refractivity contribution in [3.8, 4) is 0 Å². The molecule has 1 atom stereocenters. The third kappa shape index (κ3) is 9.97. The van der Waals surface area contributed by atoms with Crippen molar-refractivity contribution in [2.45, 2.75) is 64.8 Å². The van der Waals surface area contributed by atoms with Gasteiger partial charge in [-0.1, -0.05) is 24.3 Å². The standard InChI is InChI=1S/C22H36N4O3.HI/c1-22(2,3)29-21(27)26(5)16-18-10-8-17(9-11-18)15-25-20(23-4)24-13-12-19-7-6-14-28-19;/h8-11,19H,6-7,12-16H2,1-5H3,(H2,23,24,25);1H. The summed E-state index contributed by atoms with van der Waals surface area (Å²) in [5.74, 6) is 0.789. The molecule has 1 heterocycles. The van der Waals surface area contributed by atoms with Crippen LogP contribution in [-0.4, -0.2) is 55.9 Å². The number of hydrogen-bond acceptors (Lipinski definition) is 4. The van der Waals surface area contributed by atoms with E-state index < -0.39 is 5.60 Å². The number of ether oxygens (including phenoxy) is 2. The van der Waals surface area contributed by atoms with Gasteiger partial charge in [-0.25, -0.2) is 4.79 Å². The number of halogens is 1. The Hall–Kier alpha value is -1.55. The molecule has 0 aromatic heterocycles. The van der Waals surface area contributed by atoms with Crippen LogP contribution in [0, 0.1) is 0 Å². The maximum absolute atomic E-state index is 12.1. The third-order valence-corrected chi connectivity index (χ3v) is 4.61. The molecular weight excluding hydrogens is 495 g/mol. The summed E-state index contributed by atoms with van der Waals surface area (Å²) in [5.41, 5.74) is 1.72. The Morgan fingerprint density at radius 1 is 1.23 bits per heavy atom. The largest absolute Gasteiger partial charge is 0.444 e. The number of guanidine groups is 1. The highest BCUT2D eigenvalue weighted by atomic mass is 127. The van der Waals surface area contributed by atoms with Gasteiger partial charge < -0.3 is 25.0 Å². The van der Waals surface area contributed by atoms with Crippen molar-refractivity contribution < 1.29 is 14.3 Å². The van der Waals surface area contributed by atoms with Gasteiger partial charge in [0.15, 0.2) is 5.96 Å². The molecule has 1 unspecified atom stereocenters. The molecular formula is C22H37IN4O3. The minimum atomic E-state index is -0.489. The van der Waals surface area contributed by atoms with Gasteiger partial charge in [0, 0.05) is 40.3 Å². The summed E-state index contributed by atoms with van der Waals surface area (Å²) in [6.45, 7) is 8.53. The zero-order valence-corrected chi connectivity index (χ0v) is 21.2. The van der Waals surface area contributed by atoms with E-state index in [2.05, 4.69) is 27.8 Å². The van der Waals surface area contributed by atoms with Gasteiger partial charge in [-0.2, -0.15) is 0 Å². The molecule has 2 rings (SSSR count). The van der Waals surface area contributed by atoms with E-state index >= 15 is 0 Å². The maximum Gasteiger partial charge on any atom is 0.410 e. The Labute approximate surface area is 198 Å². The molecule has 7 nitrogen and oxygen atoms in total. The van der Waals surface area contributed by atoms with Crippen molar-refractivity contribution in [2.75, 3.05) is 27.2 Å². The zero-order valence-electron chi connectivity index (χ0n) is 18.9. The van der Waals surface area contributed by atoms with Crippen LogP contribution in [0.15, 0.2) is 29.3 Å². The number of carbonyl (C=O) groups is 1. The Morgan fingerprint density at radius 2 is 1.90 bits per heavy atom. The van der Waals surface area contributed by atoms with Crippen molar-refractivity contribution in [3.05, 3.63) is 35.4 Å². The highest BCUT2D eigenvalue weighted by molar-refractivity contribution is 14.0. The predicted octanol–water partition coefficient (Wildman–Crippen LogP) is 3.91. The molecule has 1 amide bonds. The molecule has 1 aromatic rings. The van der Waals surface area contributed by atoms with Crippen LogP contribution in [0.3, 0.4) is 0 Å². The average Bonchev–Trinajstić information content (AvgIpc) is 3.17. The minimum absolute atomic E-state index is 0. The van der Waals surface area contributed by atoms with E-state index in [-0.39, 0.29) is 30.1 Å². The van der Waals surface area contributed by atoms with Crippen molar-refractivity contribution in [1.29, 1.82) is 0 Å². The number of amides is 1. The lowest BCUT2D eigenvalue weighted by Gasteiger charge is -2.24. The van der Waals surface area contributed by atoms with E-state index in [4.69, 9.17) is 9.47 Å². The minimum Gasteiger partial charge on any atom is -0.444 e. The van der Waals surface area contributed by atoms with Crippen LogP contribution in [0.1, 0.15) is 51.2 Å². The number of benzene rings is 1. The highest BCUT2D eigenvalue weighted by Crippen LogP contribution is 2.14. The molecule has 0 saturated carbocycles. The summed E-state index contributed by atoms with van der Waals surface area (Å²) in [6, 6.07) is 8.19. The van der Waals surface area contributed by atoms with Crippen LogP contribution in [0.5, 0.6) is 0 Å². The summed E-state index contributed by atoms with van der Waals surface area (Å²) >= 11 is 0. The molecule has 1 aliphatic heterocycles. The molecule has 170 valence electrons. The SMILES string of the molecule is CN=C(NCCC1CCCO1)NCc1ccc(CN(C)C(=O)OC(C)(C)C)cc1.I. The third-order valence-electron chi connectivity index (χ3n) is 4.61. The molecule has 1 aromatic carbocycles. The summed E-state index contributed by atoms with van der Waals surface area (Å²) < 4.78 is 11.0. The van der Waals surface area contributed by atoms with Gasteiger partial charge in [0.05, 0.1) is 6.10 Å². The first-order valence-corrected chi connectivity index (χ1v) is 10.3. The molecule has 0 bridgehead atoms. The van der Waals surface area contributed by atoms with Crippen molar-refractivity contribution in [3.63, 3.8) is 0 Å². The number of hydrogen-bond donors (Lipinski definition) is 2. The highest BCUT2D eigenvalue weighted by Gasteiger charge is 2.19. The first kappa shape index (κ1) is 26.5. The zero-order chi connectivity index (χ0) is 21.3. The van der Waals surface area contributed by atoms with Crippen LogP contribution < -0.4 is 10.6 Å². The van der Waals surface area contributed by atoms with Gasteiger partial charge in [-0.15, -0.1) is 24.0 Å². The lowest BCUT2D eigenvalue weighted by atomic mass is 10.1. The predicted molar refractivity (Wildman–Crippen MR) is 131 cm³/mol. The molecule has 30 heavy (non-hydrogen) atoms. The smallest absolute Gasteiger partial charge is 0.410 e. The van der Waals surface area contributed by atoms with E-state index in [1.807, 2.05) is 32.9 Å². The van der Waals surface area contributed by atoms with Gasteiger partial charge in [0.2, 0.25) is 0 Å². The van der Waals surface area contributed by atoms with Gasteiger partial charge in [0.1, 0.15) is 5.60 Å². The Bertz CT molecular complexity index is 668. The second-order valence-corrected chi connectivity index (χ2v) is 8.43. The second kappa shape index (κ2) is 13.0. The number of aliphatic imine (C=N–C) groups is 1. The van der Waals surface area contributed by atoms with Crippen molar-refractivity contribution in [1.82, 2.24) is 15.5 Å². The van der Waals surface area contributed by atoms with Crippen LogP contribution in [0.4, 0.5) is 4.79 Å². The number of nitrogens with zero attached hydrogens (tertiary/aromatic N) is 2. The van der Waals surface area contributed by atoms with Crippen LogP contribution in [0.2, 0.25) is 0 Å². The molecule has 2 N–H and O–H groups in total. The summed E-state index contributed by atoms with van der Waals surface area (Å²) in [5, 5.41) is 6.66. The molecule has 0 radical (unpaired) electrons. The Morgan fingerprint density at radius 3 is 2.47 bits per heavy atom. The van der Waals surface area contributed by atoms with Gasteiger partial charge in [0.25, 0.3) is 0 Å². The summed E-state index contributed by atoms with van der Waals surface area (Å²) in [6.07, 6.45) is 3.39. The Kier molecular flexibility index (Phi) is 11.5. The normalized spacial score (nSPS) is 16.6. The number of rotatable bonds is 7. The van der Waals surface area contributed by atoms with E-state index in [9.17, 15) is 4.79 Å². The quantitative estimate of drug-likeness (QED) is 0.317. The topological polar surface area (TPSA) is 75.2 Å². The molecule has 0 aliphatic carbocycles. The second-order valence-electron chi connectivity index (χ2n) is 8.43.